The molecule has 5 nitrogen and oxygen atoms in total. The maximum atomic E-state index is 11.1. The summed E-state index contributed by atoms with van der Waals surface area (Å²) in [7, 11) is 5.92. The normalized spacial score (nSPS) is 13.1. The van der Waals surface area contributed by atoms with Crippen LogP contribution in [-0.4, -0.2) is 62.3 Å². The maximum Gasteiger partial charge on any atom is 0.222 e. The number of carbonyl (C=O) groups is 2. The van der Waals surface area contributed by atoms with Crippen LogP contribution in [0.4, 0.5) is 0 Å². The van der Waals surface area contributed by atoms with E-state index in [4.69, 9.17) is 5.73 Å². The minimum Gasteiger partial charge on any atom is -0.369 e. The van der Waals surface area contributed by atoms with Crippen LogP contribution >= 0.6 is 0 Å². The standard InChI is InChI=1S/C11H23N3O2/c1-9(15)7-10(11(12)16)8-14(4)6-5-13(2)3/h10H,5-8H2,1-4H3,(H2,12,16). The third-order valence-electron chi connectivity index (χ3n) is 2.40. The monoisotopic (exact) mass is 229 g/mol. The minimum atomic E-state index is -0.396. The van der Waals surface area contributed by atoms with Crippen LogP contribution in [0.5, 0.6) is 0 Å². The van der Waals surface area contributed by atoms with Gasteiger partial charge in [0.1, 0.15) is 5.78 Å². The fourth-order valence-electron chi connectivity index (χ4n) is 1.44. The second-order valence-electron chi connectivity index (χ2n) is 4.57. The molecule has 0 bridgehead atoms. The lowest BCUT2D eigenvalue weighted by Gasteiger charge is -2.22. The third-order valence-corrected chi connectivity index (χ3v) is 2.40. The smallest absolute Gasteiger partial charge is 0.222 e. The molecule has 0 aromatic heterocycles. The molecule has 1 atom stereocenters. The molecule has 0 fully saturated rings. The van der Waals surface area contributed by atoms with Gasteiger partial charge in [-0.3, -0.25) is 4.79 Å². The van der Waals surface area contributed by atoms with Gasteiger partial charge >= 0.3 is 0 Å². The summed E-state index contributed by atoms with van der Waals surface area (Å²) in [5.74, 6) is -0.763. The quantitative estimate of drug-likeness (QED) is 0.613. The van der Waals surface area contributed by atoms with E-state index in [1.807, 2.05) is 26.0 Å². The van der Waals surface area contributed by atoms with Gasteiger partial charge in [0.25, 0.3) is 0 Å². The summed E-state index contributed by atoms with van der Waals surface area (Å²) in [5, 5.41) is 0. The van der Waals surface area contributed by atoms with Crippen molar-refractivity contribution < 1.29 is 9.59 Å². The molecule has 0 saturated heterocycles. The summed E-state index contributed by atoms with van der Waals surface area (Å²) >= 11 is 0. The summed E-state index contributed by atoms with van der Waals surface area (Å²) in [6.07, 6.45) is 0.238. The topological polar surface area (TPSA) is 66.6 Å². The molecule has 94 valence electrons. The first kappa shape index (κ1) is 15.1. The highest BCUT2D eigenvalue weighted by atomic mass is 16.1. The summed E-state index contributed by atoms with van der Waals surface area (Å²) < 4.78 is 0. The van der Waals surface area contributed by atoms with Crippen molar-refractivity contribution in [3.63, 3.8) is 0 Å². The Morgan fingerprint density at radius 3 is 2.12 bits per heavy atom. The number of primary amides is 1. The number of rotatable bonds is 8. The molecule has 0 aliphatic rings. The zero-order valence-electron chi connectivity index (χ0n) is 10.7. The molecule has 0 aromatic rings. The van der Waals surface area contributed by atoms with Gasteiger partial charge in [0, 0.05) is 26.1 Å². The van der Waals surface area contributed by atoms with Crippen LogP contribution in [0.3, 0.4) is 0 Å². The molecule has 0 aliphatic carbocycles. The van der Waals surface area contributed by atoms with Crippen LogP contribution in [-0.2, 0) is 9.59 Å². The lowest BCUT2D eigenvalue weighted by atomic mass is 10.0. The largest absolute Gasteiger partial charge is 0.369 e. The van der Waals surface area contributed by atoms with Crippen LogP contribution in [0.2, 0.25) is 0 Å². The second-order valence-corrected chi connectivity index (χ2v) is 4.57. The van der Waals surface area contributed by atoms with Gasteiger partial charge in [-0.25, -0.2) is 0 Å². The average Bonchev–Trinajstić information content (AvgIpc) is 2.12. The first-order valence-corrected chi connectivity index (χ1v) is 5.45. The molecule has 0 radical (unpaired) electrons. The fraction of sp³-hybridized carbons (Fsp3) is 0.818. The Morgan fingerprint density at radius 1 is 1.19 bits per heavy atom. The summed E-state index contributed by atoms with van der Waals surface area (Å²) in [5.41, 5.74) is 5.26. The van der Waals surface area contributed by atoms with E-state index in [1.165, 1.54) is 6.92 Å². The zero-order chi connectivity index (χ0) is 12.7. The van der Waals surface area contributed by atoms with Crippen molar-refractivity contribution in [3.8, 4) is 0 Å². The minimum absolute atomic E-state index is 0.00445. The average molecular weight is 229 g/mol. The van der Waals surface area contributed by atoms with Crippen molar-refractivity contribution in [2.75, 3.05) is 40.8 Å². The lowest BCUT2D eigenvalue weighted by Crippen LogP contribution is -2.38. The SMILES string of the molecule is CC(=O)CC(CN(C)CCN(C)C)C(N)=O. The van der Waals surface area contributed by atoms with Crippen molar-refractivity contribution in [2.45, 2.75) is 13.3 Å². The number of likely N-dealkylation sites (N-methyl/N-ethyl adjacent to an activating group) is 2. The molecule has 0 rings (SSSR count). The zero-order valence-corrected chi connectivity index (χ0v) is 10.7. The summed E-state index contributed by atoms with van der Waals surface area (Å²) in [4.78, 5) is 26.2. The Balaban J connectivity index is 4.07. The molecule has 0 aromatic carbocycles. The maximum absolute atomic E-state index is 11.1. The number of nitrogens with two attached hydrogens (primary N) is 1. The van der Waals surface area contributed by atoms with E-state index in [2.05, 4.69) is 4.90 Å². The molecule has 0 aliphatic heterocycles. The molecule has 1 amide bonds. The molecule has 0 spiro atoms. The van der Waals surface area contributed by atoms with E-state index in [9.17, 15) is 9.59 Å². The van der Waals surface area contributed by atoms with Crippen LogP contribution in [0.1, 0.15) is 13.3 Å². The Morgan fingerprint density at radius 2 is 1.75 bits per heavy atom. The number of hydrogen-bond acceptors (Lipinski definition) is 4. The number of nitrogens with zero attached hydrogens (tertiary/aromatic N) is 2. The first-order valence-electron chi connectivity index (χ1n) is 5.45. The Bertz CT molecular complexity index is 241. The predicted molar refractivity (Wildman–Crippen MR) is 64.0 cm³/mol. The predicted octanol–water partition coefficient (Wildman–Crippen LogP) is -0.440. The van der Waals surface area contributed by atoms with E-state index >= 15 is 0 Å². The van der Waals surface area contributed by atoms with Crippen LogP contribution in [0, 0.1) is 5.92 Å². The highest BCUT2D eigenvalue weighted by Crippen LogP contribution is 2.05. The number of hydrogen-bond donors (Lipinski definition) is 1. The third kappa shape index (κ3) is 7.36. The van der Waals surface area contributed by atoms with Crippen LogP contribution < -0.4 is 5.73 Å². The summed E-state index contributed by atoms with van der Waals surface area (Å²) in [6, 6.07) is 0. The van der Waals surface area contributed by atoms with Gasteiger partial charge < -0.3 is 20.3 Å². The molecule has 16 heavy (non-hydrogen) atoms. The molecule has 0 heterocycles. The van der Waals surface area contributed by atoms with E-state index in [0.717, 1.165) is 13.1 Å². The summed E-state index contributed by atoms with van der Waals surface area (Å²) in [6.45, 7) is 3.80. The van der Waals surface area contributed by atoms with Crippen molar-refractivity contribution >= 4 is 11.7 Å². The van der Waals surface area contributed by atoms with Crippen LogP contribution in [0.25, 0.3) is 0 Å². The number of Topliss-reactive ketones (excluding diaryl/α,β-unsaturated/α-hetero) is 1. The van der Waals surface area contributed by atoms with Crippen molar-refractivity contribution in [1.82, 2.24) is 9.80 Å². The van der Waals surface area contributed by atoms with E-state index < -0.39 is 5.91 Å². The molecule has 5 heteroatoms. The molecular formula is C11H23N3O2. The molecule has 0 saturated carbocycles. The molecule has 2 N–H and O–H groups in total. The molecular weight excluding hydrogens is 206 g/mol. The number of carbonyl (C=O) groups excluding carboxylic acids is 2. The van der Waals surface area contributed by atoms with Crippen molar-refractivity contribution in [1.29, 1.82) is 0 Å². The Hall–Kier alpha value is -0.940. The highest BCUT2D eigenvalue weighted by molar-refractivity contribution is 5.84. The van der Waals surface area contributed by atoms with Crippen LogP contribution in [0.15, 0.2) is 0 Å². The van der Waals surface area contributed by atoms with Gasteiger partial charge in [0.2, 0.25) is 5.91 Å². The van der Waals surface area contributed by atoms with Gasteiger partial charge in [-0.15, -0.1) is 0 Å². The second kappa shape index (κ2) is 7.35. The van der Waals surface area contributed by atoms with E-state index in [0.29, 0.717) is 6.54 Å². The van der Waals surface area contributed by atoms with Gasteiger partial charge in [-0.1, -0.05) is 0 Å². The van der Waals surface area contributed by atoms with Gasteiger partial charge in [0.05, 0.1) is 5.92 Å². The van der Waals surface area contributed by atoms with Gasteiger partial charge in [-0.2, -0.15) is 0 Å². The van der Waals surface area contributed by atoms with Crippen molar-refractivity contribution in [2.24, 2.45) is 11.7 Å². The lowest BCUT2D eigenvalue weighted by molar-refractivity contribution is -0.127. The highest BCUT2D eigenvalue weighted by Gasteiger charge is 2.19. The molecule has 1 unspecified atom stereocenters. The van der Waals surface area contributed by atoms with E-state index in [1.54, 1.807) is 0 Å². The number of ketones is 1. The first-order chi connectivity index (χ1) is 7.32. The van der Waals surface area contributed by atoms with Crippen molar-refractivity contribution in [3.05, 3.63) is 0 Å². The Kier molecular flexibility index (Phi) is 6.92. The fourth-order valence-corrected chi connectivity index (χ4v) is 1.44. The Labute approximate surface area is 97.6 Å². The van der Waals surface area contributed by atoms with Gasteiger partial charge in [-0.05, 0) is 28.1 Å². The van der Waals surface area contributed by atoms with Gasteiger partial charge in [0.15, 0.2) is 0 Å². The number of amides is 1. The van der Waals surface area contributed by atoms with E-state index in [-0.39, 0.29) is 18.1 Å².